The molecule has 2 rings (SSSR count). The van der Waals surface area contributed by atoms with Gasteiger partial charge in [0.25, 0.3) is 0 Å². The van der Waals surface area contributed by atoms with Gasteiger partial charge in [0, 0.05) is 6.54 Å². The van der Waals surface area contributed by atoms with Crippen molar-refractivity contribution < 1.29 is 0 Å². The van der Waals surface area contributed by atoms with Gasteiger partial charge in [0.2, 0.25) is 0 Å². The fourth-order valence-electron chi connectivity index (χ4n) is 2.39. The Labute approximate surface area is 102 Å². The van der Waals surface area contributed by atoms with Crippen molar-refractivity contribution in [2.75, 3.05) is 13.6 Å². The van der Waals surface area contributed by atoms with E-state index in [0.717, 1.165) is 17.3 Å². The number of halogens is 1. The van der Waals surface area contributed by atoms with E-state index in [2.05, 4.69) is 49.4 Å². The zero-order valence-corrected chi connectivity index (χ0v) is 11.4. The van der Waals surface area contributed by atoms with Crippen molar-refractivity contribution in [2.24, 2.45) is 0 Å². The molecule has 2 unspecified atom stereocenters. The molecule has 1 aromatic heterocycles. The lowest BCUT2D eigenvalue weighted by Crippen LogP contribution is -2.36. The highest BCUT2D eigenvalue weighted by Gasteiger charge is 2.31. The molecule has 0 aliphatic carbocycles. The van der Waals surface area contributed by atoms with Crippen LogP contribution in [0.2, 0.25) is 5.02 Å². The normalized spacial score (nSPS) is 26.2. The molecule has 0 saturated carbocycles. The van der Waals surface area contributed by atoms with Crippen molar-refractivity contribution in [1.29, 1.82) is 0 Å². The Hall–Kier alpha value is -0.540. The molecule has 0 bridgehead atoms. The van der Waals surface area contributed by atoms with E-state index in [9.17, 15) is 0 Å². The monoisotopic (exact) mass is 241 g/mol. The summed E-state index contributed by atoms with van der Waals surface area (Å²) in [6.07, 6.45) is 0. The molecule has 1 aliphatic heterocycles. The molecule has 1 aliphatic rings. The van der Waals surface area contributed by atoms with Crippen molar-refractivity contribution in [3.8, 4) is 0 Å². The Morgan fingerprint density at radius 2 is 2.00 bits per heavy atom. The van der Waals surface area contributed by atoms with Crippen LogP contribution in [0.15, 0.2) is 0 Å². The lowest BCUT2D eigenvalue weighted by atomic mass is 10.1. The number of likely N-dealkylation sites (N-methyl/N-ethyl adjacent to an activating group) is 1. The third-order valence-corrected chi connectivity index (χ3v) is 3.87. The van der Waals surface area contributed by atoms with Crippen LogP contribution in [0.25, 0.3) is 0 Å². The number of rotatable bonds is 1. The number of hydrogen-bond acceptors (Lipinski definition) is 2. The first-order valence-corrected chi connectivity index (χ1v) is 6.29. The van der Waals surface area contributed by atoms with Gasteiger partial charge in [-0.3, -0.25) is 9.58 Å². The molecular formula is C12H20ClN3. The molecule has 2 heterocycles. The molecule has 0 N–H and O–H groups in total. The zero-order valence-electron chi connectivity index (χ0n) is 10.7. The molecular weight excluding hydrogens is 222 g/mol. The van der Waals surface area contributed by atoms with Gasteiger partial charge in [-0.15, -0.1) is 0 Å². The van der Waals surface area contributed by atoms with Crippen molar-refractivity contribution in [2.45, 2.75) is 45.7 Å². The fraction of sp³-hybridized carbons (Fsp3) is 0.750. The summed E-state index contributed by atoms with van der Waals surface area (Å²) in [5, 5.41) is 5.54. The second-order valence-electron chi connectivity index (χ2n) is 5.15. The van der Waals surface area contributed by atoms with Crippen molar-refractivity contribution in [1.82, 2.24) is 14.7 Å². The first-order chi connectivity index (χ1) is 7.43. The van der Waals surface area contributed by atoms with Gasteiger partial charge in [-0.1, -0.05) is 25.4 Å². The first-order valence-electron chi connectivity index (χ1n) is 5.91. The molecule has 16 heavy (non-hydrogen) atoms. The van der Waals surface area contributed by atoms with Gasteiger partial charge in [0.15, 0.2) is 0 Å². The molecule has 0 amide bonds. The Morgan fingerprint density at radius 3 is 2.56 bits per heavy atom. The summed E-state index contributed by atoms with van der Waals surface area (Å²) in [5.74, 6) is 0.385. The first kappa shape index (κ1) is 11.9. The largest absolute Gasteiger partial charge is 0.296 e. The predicted octanol–water partition coefficient (Wildman–Crippen LogP) is 3.23. The summed E-state index contributed by atoms with van der Waals surface area (Å²) < 4.78 is 2.11. The summed E-state index contributed by atoms with van der Waals surface area (Å²) in [5.41, 5.74) is 2.21. The van der Waals surface area contributed by atoms with Crippen LogP contribution < -0.4 is 0 Å². The molecule has 0 saturated heterocycles. The maximum atomic E-state index is 6.45. The van der Waals surface area contributed by atoms with Crippen LogP contribution in [0.4, 0.5) is 0 Å². The second kappa shape index (κ2) is 4.04. The number of hydrogen-bond donors (Lipinski definition) is 0. The molecule has 4 heteroatoms. The molecule has 90 valence electrons. The van der Waals surface area contributed by atoms with E-state index in [1.54, 1.807) is 0 Å². The molecule has 3 nitrogen and oxygen atoms in total. The fourth-order valence-corrected chi connectivity index (χ4v) is 2.89. The molecule has 0 spiro atoms. The van der Waals surface area contributed by atoms with E-state index in [4.69, 9.17) is 11.6 Å². The van der Waals surface area contributed by atoms with Crippen LogP contribution >= 0.6 is 11.6 Å². The van der Waals surface area contributed by atoms with Gasteiger partial charge in [-0.05, 0) is 26.8 Å². The predicted molar refractivity (Wildman–Crippen MR) is 67.1 cm³/mol. The lowest BCUT2D eigenvalue weighted by Gasteiger charge is -2.34. The SMILES string of the molecule is CC(C)c1nn2c(c1Cl)C(C)N(C)CC2C. The summed E-state index contributed by atoms with van der Waals surface area (Å²) in [4.78, 5) is 2.33. The third-order valence-electron chi connectivity index (χ3n) is 3.49. The maximum absolute atomic E-state index is 6.45. The maximum Gasteiger partial charge on any atom is 0.0869 e. The van der Waals surface area contributed by atoms with E-state index in [1.165, 1.54) is 5.69 Å². The molecule has 1 aromatic rings. The number of nitrogens with zero attached hydrogens (tertiary/aromatic N) is 3. The van der Waals surface area contributed by atoms with E-state index in [-0.39, 0.29) is 0 Å². The second-order valence-corrected chi connectivity index (χ2v) is 5.53. The highest BCUT2D eigenvalue weighted by atomic mass is 35.5. The Bertz CT molecular complexity index is 397. The topological polar surface area (TPSA) is 21.1 Å². The van der Waals surface area contributed by atoms with Gasteiger partial charge >= 0.3 is 0 Å². The quantitative estimate of drug-likeness (QED) is 0.753. The molecule has 0 fully saturated rings. The highest BCUT2D eigenvalue weighted by Crippen LogP contribution is 2.37. The van der Waals surface area contributed by atoms with Crippen LogP contribution in [0, 0.1) is 0 Å². The minimum absolute atomic E-state index is 0.351. The average molecular weight is 242 g/mol. The van der Waals surface area contributed by atoms with Crippen molar-refractivity contribution >= 4 is 11.6 Å². The Morgan fingerprint density at radius 1 is 1.38 bits per heavy atom. The van der Waals surface area contributed by atoms with Crippen molar-refractivity contribution in [3.05, 3.63) is 16.4 Å². The van der Waals surface area contributed by atoms with E-state index >= 15 is 0 Å². The minimum Gasteiger partial charge on any atom is -0.296 e. The Balaban J connectivity index is 2.55. The van der Waals surface area contributed by atoms with Crippen LogP contribution in [0.1, 0.15) is 57.1 Å². The molecule has 2 atom stereocenters. The van der Waals surface area contributed by atoms with E-state index in [1.807, 2.05) is 0 Å². The average Bonchev–Trinajstić information content (AvgIpc) is 2.53. The summed E-state index contributed by atoms with van der Waals surface area (Å²) in [6.45, 7) is 9.69. The van der Waals surface area contributed by atoms with Crippen LogP contribution in [-0.4, -0.2) is 28.3 Å². The molecule has 0 radical (unpaired) electrons. The molecule has 0 aromatic carbocycles. The van der Waals surface area contributed by atoms with E-state index < -0.39 is 0 Å². The smallest absolute Gasteiger partial charge is 0.0869 e. The number of aromatic nitrogens is 2. The summed E-state index contributed by atoms with van der Waals surface area (Å²) >= 11 is 6.45. The minimum atomic E-state index is 0.351. The van der Waals surface area contributed by atoms with E-state index in [0.29, 0.717) is 18.0 Å². The summed E-state index contributed by atoms with van der Waals surface area (Å²) in [7, 11) is 2.14. The highest BCUT2D eigenvalue weighted by molar-refractivity contribution is 6.32. The summed E-state index contributed by atoms with van der Waals surface area (Å²) in [6, 6.07) is 0.755. The number of fused-ring (bicyclic) bond motifs is 1. The van der Waals surface area contributed by atoms with Gasteiger partial charge in [0.1, 0.15) is 0 Å². The zero-order chi connectivity index (χ0) is 12.0. The van der Waals surface area contributed by atoms with Gasteiger partial charge < -0.3 is 0 Å². The lowest BCUT2D eigenvalue weighted by molar-refractivity contribution is 0.172. The third kappa shape index (κ3) is 1.66. The van der Waals surface area contributed by atoms with Gasteiger partial charge in [-0.2, -0.15) is 5.10 Å². The van der Waals surface area contributed by atoms with Crippen LogP contribution in [0.5, 0.6) is 0 Å². The van der Waals surface area contributed by atoms with Crippen LogP contribution in [-0.2, 0) is 0 Å². The van der Waals surface area contributed by atoms with Gasteiger partial charge in [-0.25, -0.2) is 0 Å². The van der Waals surface area contributed by atoms with Crippen molar-refractivity contribution in [3.63, 3.8) is 0 Å². The van der Waals surface area contributed by atoms with Crippen LogP contribution in [0.3, 0.4) is 0 Å². The standard InChI is InChI=1S/C12H20ClN3/c1-7(2)11-10(13)12-9(4)15(5)6-8(3)16(12)14-11/h7-9H,6H2,1-5H3. The van der Waals surface area contributed by atoms with Gasteiger partial charge in [0.05, 0.1) is 28.5 Å². The Kier molecular flexibility index (Phi) is 3.01.